The van der Waals surface area contributed by atoms with Gasteiger partial charge in [0.1, 0.15) is 11.9 Å². The Morgan fingerprint density at radius 2 is 1.85 bits per heavy atom. The van der Waals surface area contributed by atoms with Crippen LogP contribution in [0.5, 0.6) is 5.75 Å². The molecule has 2 heterocycles. The number of amides is 1. The van der Waals surface area contributed by atoms with E-state index < -0.39 is 5.97 Å². The lowest BCUT2D eigenvalue weighted by Gasteiger charge is -2.35. The first kappa shape index (κ1) is 18.7. The van der Waals surface area contributed by atoms with E-state index in [-0.39, 0.29) is 24.5 Å². The van der Waals surface area contributed by atoms with E-state index in [1.807, 2.05) is 17.0 Å². The molecule has 6 nitrogen and oxygen atoms in total. The molecule has 0 spiro atoms. The first-order valence-electron chi connectivity index (χ1n) is 9.50. The molecule has 6 heteroatoms. The van der Waals surface area contributed by atoms with Crippen molar-refractivity contribution in [2.75, 3.05) is 19.8 Å². The fraction of sp³-hybridized carbons (Fsp3) is 0.600. The predicted molar refractivity (Wildman–Crippen MR) is 96.5 cm³/mol. The van der Waals surface area contributed by atoms with Crippen LogP contribution in [0.4, 0.5) is 0 Å². The van der Waals surface area contributed by atoms with Crippen molar-refractivity contribution in [3.8, 4) is 5.75 Å². The summed E-state index contributed by atoms with van der Waals surface area (Å²) < 4.78 is 11.3. The quantitative estimate of drug-likeness (QED) is 0.842. The summed E-state index contributed by atoms with van der Waals surface area (Å²) in [6.45, 7) is 2.16. The molecule has 0 aromatic heterocycles. The summed E-state index contributed by atoms with van der Waals surface area (Å²) in [6, 6.07) is 7.32. The number of aliphatic carboxylic acids is 1. The first-order valence-corrected chi connectivity index (χ1v) is 9.50. The van der Waals surface area contributed by atoms with Crippen LogP contribution >= 0.6 is 0 Å². The molecule has 2 fully saturated rings. The van der Waals surface area contributed by atoms with Gasteiger partial charge in [0.15, 0.2) is 0 Å². The molecule has 2 aliphatic heterocycles. The minimum absolute atomic E-state index is 0.0160. The van der Waals surface area contributed by atoms with Gasteiger partial charge in [-0.25, -0.2) is 0 Å². The fourth-order valence-corrected chi connectivity index (χ4v) is 3.69. The van der Waals surface area contributed by atoms with E-state index in [2.05, 4.69) is 0 Å². The van der Waals surface area contributed by atoms with Gasteiger partial charge in [0.05, 0.1) is 13.2 Å². The minimum atomic E-state index is -0.808. The smallest absolute Gasteiger partial charge is 0.303 e. The van der Waals surface area contributed by atoms with Crippen molar-refractivity contribution in [2.24, 2.45) is 0 Å². The lowest BCUT2D eigenvalue weighted by atomic mass is 9.97. The summed E-state index contributed by atoms with van der Waals surface area (Å²) in [4.78, 5) is 25.6. The topological polar surface area (TPSA) is 76.1 Å². The molecule has 1 atom stereocenters. The van der Waals surface area contributed by atoms with Gasteiger partial charge in [0, 0.05) is 37.4 Å². The van der Waals surface area contributed by atoms with E-state index in [0.717, 1.165) is 51.1 Å². The summed E-state index contributed by atoms with van der Waals surface area (Å²) in [7, 11) is 0. The van der Waals surface area contributed by atoms with Gasteiger partial charge in [0.2, 0.25) is 0 Å². The van der Waals surface area contributed by atoms with Gasteiger partial charge in [-0.2, -0.15) is 0 Å². The van der Waals surface area contributed by atoms with E-state index >= 15 is 0 Å². The number of ether oxygens (including phenoxy) is 2. The summed E-state index contributed by atoms with van der Waals surface area (Å²) in [5, 5.41) is 8.93. The lowest BCUT2D eigenvalue weighted by molar-refractivity contribution is -0.137. The van der Waals surface area contributed by atoms with Crippen molar-refractivity contribution in [1.29, 1.82) is 0 Å². The van der Waals surface area contributed by atoms with Crippen LogP contribution in [0, 0.1) is 0 Å². The standard InChI is InChI=1S/C20H27NO5/c22-19(23)9-6-16-3-1-2-12-21(16)20(24)15-4-7-17(8-5-15)26-18-10-13-25-14-11-18/h4-5,7-8,16,18H,1-3,6,9-14H2,(H,22,23). The molecule has 26 heavy (non-hydrogen) atoms. The largest absolute Gasteiger partial charge is 0.490 e. The summed E-state index contributed by atoms with van der Waals surface area (Å²) >= 11 is 0. The molecule has 0 aliphatic carbocycles. The van der Waals surface area contributed by atoms with Gasteiger partial charge in [0.25, 0.3) is 5.91 Å². The molecular formula is C20H27NO5. The molecule has 3 rings (SSSR count). The third-order valence-corrected chi connectivity index (χ3v) is 5.15. The number of piperidine rings is 1. The molecule has 1 aromatic carbocycles. The maximum Gasteiger partial charge on any atom is 0.303 e. The zero-order chi connectivity index (χ0) is 18.4. The Morgan fingerprint density at radius 1 is 1.12 bits per heavy atom. The minimum Gasteiger partial charge on any atom is -0.490 e. The SMILES string of the molecule is O=C(O)CCC1CCCCN1C(=O)c1ccc(OC2CCOCC2)cc1. The molecular weight excluding hydrogens is 334 g/mol. The molecule has 0 bridgehead atoms. The first-order chi connectivity index (χ1) is 12.6. The highest BCUT2D eigenvalue weighted by Crippen LogP contribution is 2.24. The van der Waals surface area contributed by atoms with Crippen molar-refractivity contribution in [3.63, 3.8) is 0 Å². The molecule has 1 aromatic rings. The predicted octanol–water partition coefficient (Wildman–Crippen LogP) is 3.10. The van der Waals surface area contributed by atoms with Crippen LogP contribution in [0.2, 0.25) is 0 Å². The van der Waals surface area contributed by atoms with E-state index in [1.54, 1.807) is 12.1 Å². The van der Waals surface area contributed by atoms with Gasteiger partial charge in [-0.15, -0.1) is 0 Å². The number of carbonyl (C=O) groups is 2. The van der Waals surface area contributed by atoms with E-state index in [1.165, 1.54) is 0 Å². The number of carboxylic acid groups (broad SMARTS) is 1. The number of likely N-dealkylation sites (tertiary alicyclic amines) is 1. The zero-order valence-electron chi connectivity index (χ0n) is 15.1. The van der Waals surface area contributed by atoms with Gasteiger partial charge in [-0.3, -0.25) is 9.59 Å². The monoisotopic (exact) mass is 361 g/mol. The van der Waals surface area contributed by atoms with Crippen molar-refractivity contribution in [1.82, 2.24) is 4.90 Å². The van der Waals surface area contributed by atoms with Crippen LogP contribution in [0.25, 0.3) is 0 Å². The number of hydrogen-bond donors (Lipinski definition) is 1. The van der Waals surface area contributed by atoms with Crippen LogP contribution in [0.3, 0.4) is 0 Å². The molecule has 2 aliphatic rings. The zero-order valence-corrected chi connectivity index (χ0v) is 15.1. The Balaban J connectivity index is 1.61. The number of carboxylic acids is 1. The van der Waals surface area contributed by atoms with E-state index in [4.69, 9.17) is 14.6 Å². The maximum absolute atomic E-state index is 12.9. The molecule has 1 N–H and O–H groups in total. The number of nitrogens with zero attached hydrogens (tertiary/aromatic N) is 1. The highest BCUT2D eigenvalue weighted by molar-refractivity contribution is 5.94. The van der Waals surface area contributed by atoms with Gasteiger partial charge >= 0.3 is 5.97 Å². The highest BCUT2D eigenvalue weighted by Gasteiger charge is 2.27. The van der Waals surface area contributed by atoms with Gasteiger partial charge in [-0.1, -0.05) is 0 Å². The molecule has 1 amide bonds. The van der Waals surface area contributed by atoms with Crippen LogP contribution < -0.4 is 4.74 Å². The second-order valence-corrected chi connectivity index (χ2v) is 7.03. The van der Waals surface area contributed by atoms with Crippen molar-refractivity contribution < 1.29 is 24.2 Å². The Labute approximate surface area is 154 Å². The van der Waals surface area contributed by atoms with E-state index in [9.17, 15) is 9.59 Å². The van der Waals surface area contributed by atoms with Crippen LogP contribution in [-0.2, 0) is 9.53 Å². The molecule has 0 saturated carbocycles. The number of benzene rings is 1. The second kappa shape index (κ2) is 9.03. The summed E-state index contributed by atoms with van der Waals surface area (Å²) in [6.07, 6.45) is 5.47. The lowest BCUT2D eigenvalue weighted by Crippen LogP contribution is -2.43. The van der Waals surface area contributed by atoms with Crippen LogP contribution in [-0.4, -0.2) is 53.8 Å². The molecule has 0 radical (unpaired) electrons. The normalized spacial score (nSPS) is 21.4. The van der Waals surface area contributed by atoms with Crippen molar-refractivity contribution in [2.45, 2.75) is 57.1 Å². The molecule has 1 unspecified atom stereocenters. The fourth-order valence-electron chi connectivity index (χ4n) is 3.69. The Hall–Kier alpha value is -2.08. The molecule has 2 saturated heterocycles. The molecule has 142 valence electrons. The summed E-state index contributed by atoms with van der Waals surface area (Å²) in [5.41, 5.74) is 0.631. The Kier molecular flexibility index (Phi) is 6.50. The Morgan fingerprint density at radius 3 is 2.54 bits per heavy atom. The average Bonchev–Trinajstić information content (AvgIpc) is 2.67. The van der Waals surface area contributed by atoms with Crippen LogP contribution in [0.1, 0.15) is 55.3 Å². The highest BCUT2D eigenvalue weighted by atomic mass is 16.5. The third kappa shape index (κ3) is 4.97. The number of hydrogen-bond acceptors (Lipinski definition) is 4. The maximum atomic E-state index is 12.9. The number of rotatable bonds is 6. The average molecular weight is 361 g/mol. The Bertz CT molecular complexity index is 609. The number of carbonyl (C=O) groups excluding carboxylic acids is 1. The van der Waals surface area contributed by atoms with Gasteiger partial charge in [-0.05, 0) is 49.9 Å². The third-order valence-electron chi connectivity index (χ3n) is 5.15. The van der Waals surface area contributed by atoms with E-state index in [0.29, 0.717) is 18.5 Å². The van der Waals surface area contributed by atoms with Gasteiger partial charge < -0.3 is 19.5 Å². The summed E-state index contributed by atoms with van der Waals surface area (Å²) in [5.74, 6) is -0.0511. The van der Waals surface area contributed by atoms with Crippen molar-refractivity contribution >= 4 is 11.9 Å². The second-order valence-electron chi connectivity index (χ2n) is 7.03. The van der Waals surface area contributed by atoms with Crippen LogP contribution in [0.15, 0.2) is 24.3 Å². The van der Waals surface area contributed by atoms with Crippen molar-refractivity contribution in [3.05, 3.63) is 29.8 Å².